The van der Waals surface area contributed by atoms with Gasteiger partial charge in [0.25, 0.3) is 0 Å². The molecular formula is C52H34N8O4. The Morgan fingerprint density at radius 2 is 0.547 bits per heavy atom. The molecule has 0 saturated heterocycles. The zero-order valence-electron chi connectivity index (χ0n) is 33.5. The first-order valence-electron chi connectivity index (χ1n) is 20.7. The van der Waals surface area contributed by atoms with Crippen LogP contribution in [-0.4, -0.2) is 60.3 Å². The van der Waals surface area contributed by atoms with Crippen LogP contribution in [0.4, 0.5) is 0 Å². The van der Waals surface area contributed by atoms with Gasteiger partial charge in [0.15, 0.2) is 0 Å². The van der Waals surface area contributed by atoms with Crippen molar-refractivity contribution in [1.82, 2.24) is 39.9 Å². The number of hydrogen-bond acceptors (Lipinski definition) is 6. The molecule has 0 atom stereocenters. The van der Waals surface area contributed by atoms with Gasteiger partial charge in [0.1, 0.15) is 23.0 Å². The maximum Gasteiger partial charge on any atom is 0.117 e. The van der Waals surface area contributed by atoms with E-state index in [4.69, 9.17) is 9.97 Å². The van der Waals surface area contributed by atoms with Crippen molar-refractivity contribution in [2.24, 2.45) is 0 Å². The minimum absolute atomic E-state index is 0.161. The van der Waals surface area contributed by atoms with Crippen molar-refractivity contribution in [3.05, 3.63) is 145 Å². The summed E-state index contributed by atoms with van der Waals surface area (Å²) in [4.78, 5) is 32.0. The van der Waals surface area contributed by atoms with Gasteiger partial charge in [-0.3, -0.25) is 0 Å². The predicted octanol–water partition coefficient (Wildman–Crippen LogP) is 12.1. The molecular weight excluding hydrogens is 801 g/mol. The number of hydrogen-bond donors (Lipinski definition) is 10. The molecule has 0 saturated carbocycles. The van der Waals surface area contributed by atoms with Crippen molar-refractivity contribution in [2.75, 3.05) is 0 Å². The minimum atomic E-state index is 0.161. The highest BCUT2D eigenvalue weighted by molar-refractivity contribution is 6.10. The highest BCUT2D eigenvalue weighted by Gasteiger charge is 2.23. The Hall–Kier alpha value is -9.16. The molecule has 2 aliphatic rings. The van der Waals surface area contributed by atoms with Crippen LogP contribution in [0.2, 0.25) is 0 Å². The van der Waals surface area contributed by atoms with E-state index in [1.807, 2.05) is 73.4 Å². The molecule has 8 bridgehead atoms. The van der Waals surface area contributed by atoms with Crippen LogP contribution in [0.3, 0.4) is 0 Å². The summed E-state index contributed by atoms with van der Waals surface area (Å²) in [6.45, 7) is 0. The zero-order valence-corrected chi connectivity index (χ0v) is 33.5. The lowest BCUT2D eigenvalue weighted by Gasteiger charge is -2.06. The lowest BCUT2D eigenvalue weighted by atomic mass is 10.0. The van der Waals surface area contributed by atoms with Crippen LogP contribution in [0.25, 0.3) is 134 Å². The third kappa shape index (κ3) is 5.36. The topological polar surface area (TPSA) is 201 Å². The molecule has 0 amide bonds. The first-order chi connectivity index (χ1) is 31.3. The number of nitrogens with zero attached hydrogens (tertiary/aromatic N) is 2. The second kappa shape index (κ2) is 13.2. The van der Waals surface area contributed by atoms with Gasteiger partial charge >= 0.3 is 0 Å². The number of aromatic amines is 6. The van der Waals surface area contributed by atoms with E-state index in [0.29, 0.717) is 0 Å². The monoisotopic (exact) mass is 834 g/mol. The SMILES string of the molecule is Oc1ccc2c(-c3c4nc(c(-c5c[nH]c6cc(O)ccc56)c5ccc([nH]5)c(-c5c[nH]c6cc(O)ccc56)c5nc(c(-c6c[nH]c7cc(O)ccc67)c6ccc3[nH]6)C=C5)C=C4)c[nH]c2c1. The van der Waals surface area contributed by atoms with Crippen molar-refractivity contribution in [2.45, 2.75) is 0 Å². The number of H-pyrrole nitrogens is 6. The summed E-state index contributed by atoms with van der Waals surface area (Å²) in [6.07, 6.45) is 15.9. The summed E-state index contributed by atoms with van der Waals surface area (Å²) in [5.74, 6) is 0.643. The van der Waals surface area contributed by atoms with Gasteiger partial charge in [0, 0.05) is 159 Å². The molecule has 9 heterocycles. The van der Waals surface area contributed by atoms with Gasteiger partial charge in [-0.05, 0) is 97.1 Å². The first-order valence-corrected chi connectivity index (χ1v) is 20.7. The second-order valence-electron chi connectivity index (χ2n) is 16.2. The molecule has 12 nitrogen and oxygen atoms in total. The smallest absolute Gasteiger partial charge is 0.117 e. The Morgan fingerprint density at radius 3 is 0.797 bits per heavy atom. The average molecular weight is 835 g/mol. The second-order valence-corrected chi connectivity index (χ2v) is 16.2. The highest BCUT2D eigenvalue weighted by Crippen LogP contribution is 2.43. The highest BCUT2D eigenvalue weighted by atomic mass is 16.3. The Balaban J connectivity index is 1.21. The number of fused-ring (bicyclic) bond motifs is 12. The number of phenolic OH excluding ortho intramolecular Hbond substituents is 4. The van der Waals surface area contributed by atoms with Crippen molar-refractivity contribution in [3.63, 3.8) is 0 Å². The Morgan fingerprint density at radius 1 is 0.297 bits per heavy atom. The standard InChI is InChI=1S/C52H34N8O4/c61-25-1-5-29-33(21-53-45(29)17-25)49-37-9-11-39(57-37)50(34-22-54-46-18-26(62)2-6-30(34)46)41-13-15-43(59-41)52(36-24-56-48-20-28(64)4-8-32(36)48)44-16-14-42(60-44)51(40-12-10-38(49)58-40)35-23-55-47-19-27(63)3-7-31(35)47/h1-24,53-57,60-64H. The molecule has 10 N–H and O–H groups in total. The van der Waals surface area contributed by atoms with Crippen LogP contribution >= 0.6 is 0 Å². The van der Waals surface area contributed by atoms with Crippen molar-refractivity contribution >= 4 is 90.0 Å². The van der Waals surface area contributed by atoms with Crippen LogP contribution in [-0.2, 0) is 0 Å². The summed E-state index contributed by atoms with van der Waals surface area (Å²) in [7, 11) is 0. The third-order valence-corrected chi connectivity index (χ3v) is 12.5. The number of phenols is 4. The summed E-state index contributed by atoms with van der Waals surface area (Å²) in [5, 5.41) is 45.4. The number of aromatic nitrogens is 8. The molecule has 11 aromatic rings. The minimum Gasteiger partial charge on any atom is -0.508 e. The fourth-order valence-corrected chi connectivity index (χ4v) is 9.62. The summed E-state index contributed by atoms with van der Waals surface area (Å²) in [5.41, 5.74) is 16.2. The Kier molecular flexibility index (Phi) is 7.32. The van der Waals surface area contributed by atoms with Gasteiger partial charge in [0.2, 0.25) is 0 Å². The van der Waals surface area contributed by atoms with Crippen molar-refractivity contribution < 1.29 is 20.4 Å². The van der Waals surface area contributed by atoms with Crippen molar-refractivity contribution in [1.29, 1.82) is 0 Å². The van der Waals surface area contributed by atoms with E-state index in [-0.39, 0.29) is 23.0 Å². The molecule has 0 radical (unpaired) electrons. The van der Waals surface area contributed by atoms with E-state index in [1.54, 1.807) is 48.5 Å². The van der Waals surface area contributed by atoms with Gasteiger partial charge in [-0.2, -0.15) is 0 Å². The summed E-state index contributed by atoms with van der Waals surface area (Å²) < 4.78 is 0. The normalized spacial score (nSPS) is 12.5. The maximum atomic E-state index is 10.4. The number of aromatic hydroxyl groups is 4. The largest absolute Gasteiger partial charge is 0.508 e. The summed E-state index contributed by atoms with van der Waals surface area (Å²) >= 11 is 0. The van der Waals surface area contributed by atoms with E-state index in [2.05, 4.69) is 54.2 Å². The van der Waals surface area contributed by atoms with E-state index in [0.717, 1.165) is 133 Å². The van der Waals surface area contributed by atoms with E-state index >= 15 is 0 Å². The molecule has 0 unspecified atom stereocenters. The molecule has 0 aliphatic carbocycles. The van der Waals surface area contributed by atoms with Gasteiger partial charge in [0.05, 0.1) is 22.8 Å². The van der Waals surface area contributed by atoms with E-state index in [1.165, 1.54) is 0 Å². The van der Waals surface area contributed by atoms with Gasteiger partial charge in [-0.1, -0.05) is 0 Å². The zero-order chi connectivity index (χ0) is 42.8. The average Bonchev–Trinajstić information content (AvgIpc) is 4.14. The molecule has 7 aromatic heterocycles. The van der Waals surface area contributed by atoms with E-state index in [9.17, 15) is 20.4 Å². The fraction of sp³-hybridized carbons (Fsp3) is 0. The fourth-order valence-electron chi connectivity index (χ4n) is 9.62. The van der Waals surface area contributed by atoms with Crippen LogP contribution in [0.15, 0.2) is 122 Å². The van der Waals surface area contributed by atoms with Gasteiger partial charge < -0.3 is 50.3 Å². The molecule has 4 aromatic carbocycles. The number of benzene rings is 4. The molecule has 64 heavy (non-hydrogen) atoms. The molecule has 0 fully saturated rings. The Labute approximate surface area is 361 Å². The van der Waals surface area contributed by atoms with Crippen LogP contribution in [0.5, 0.6) is 23.0 Å². The quantitative estimate of drug-likeness (QED) is 0.0835. The molecule has 2 aliphatic heterocycles. The summed E-state index contributed by atoms with van der Waals surface area (Å²) in [6, 6.07) is 29.5. The van der Waals surface area contributed by atoms with Crippen molar-refractivity contribution in [3.8, 4) is 67.5 Å². The van der Waals surface area contributed by atoms with Gasteiger partial charge in [-0.15, -0.1) is 0 Å². The lowest BCUT2D eigenvalue weighted by molar-refractivity contribution is 0.475. The third-order valence-electron chi connectivity index (χ3n) is 12.5. The number of nitrogens with one attached hydrogen (secondary N) is 6. The molecule has 13 rings (SSSR count). The molecule has 306 valence electrons. The van der Waals surface area contributed by atoms with Crippen LogP contribution < -0.4 is 0 Å². The first kappa shape index (κ1) is 35.6. The molecule has 12 heteroatoms. The lowest BCUT2D eigenvalue weighted by Crippen LogP contribution is -1.89. The Bertz CT molecular complexity index is 3530. The van der Waals surface area contributed by atoms with Crippen LogP contribution in [0, 0.1) is 0 Å². The van der Waals surface area contributed by atoms with E-state index < -0.39 is 0 Å². The van der Waals surface area contributed by atoms with Crippen LogP contribution in [0.1, 0.15) is 22.8 Å². The van der Waals surface area contributed by atoms with Gasteiger partial charge in [-0.25, -0.2) is 9.97 Å². The molecule has 0 spiro atoms. The maximum absolute atomic E-state index is 10.4. The number of rotatable bonds is 4. The predicted molar refractivity (Wildman–Crippen MR) is 255 cm³/mol.